The number of nitrogens with one attached hydrogen (secondary N) is 1. The summed E-state index contributed by atoms with van der Waals surface area (Å²) in [6, 6.07) is 8.82. The van der Waals surface area contributed by atoms with Gasteiger partial charge in [0, 0.05) is 11.6 Å². The van der Waals surface area contributed by atoms with Crippen molar-refractivity contribution < 1.29 is 19.8 Å². The summed E-state index contributed by atoms with van der Waals surface area (Å²) in [5.74, 6) is -3.54. The molecule has 1 heterocycles. The fraction of sp³-hybridized carbons (Fsp3) is 0.353. The third-order valence-electron chi connectivity index (χ3n) is 5.20. The number of halogens is 1. The van der Waals surface area contributed by atoms with E-state index in [-0.39, 0.29) is 11.3 Å². The van der Waals surface area contributed by atoms with Gasteiger partial charge in [0.2, 0.25) is 0 Å². The second-order valence-corrected chi connectivity index (χ2v) is 6.74. The number of allylic oxidation sites excluding steroid dienone is 1. The van der Waals surface area contributed by atoms with Crippen LogP contribution >= 0.6 is 11.6 Å². The van der Waals surface area contributed by atoms with Crippen molar-refractivity contribution in [2.75, 3.05) is 0 Å². The zero-order valence-electron chi connectivity index (χ0n) is 13.0. The molecule has 2 aliphatic rings. The minimum absolute atomic E-state index is 0.0688. The van der Waals surface area contributed by atoms with Crippen LogP contribution < -0.4 is 5.32 Å². The number of nitrogens with zero attached hydrogens (tertiary/aromatic N) is 1. The summed E-state index contributed by atoms with van der Waals surface area (Å²) < 4.78 is 0. The van der Waals surface area contributed by atoms with Crippen molar-refractivity contribution in [3.05, 3.63) is 46.7 Å². The molecule has 124 valence electrons. The van der Waals surface area contributed by atoms with Gasteiger partial charge in [-0.3, -0.25) is 4.79 Å². The van der Waals surface area contributed by atoms with E-state index >= 15 is 0 Å². The van der Waals surface area contributed by atoms with E-state index in [4.69, 9.17) is 11.6 Å². The Bertz CT molecular complexity index is 843. The summed E-state index contributed by atoms with van der Waals surface area (Å²) in [5, 5.41) is 31.3. The average molecular weight is 347 g/mol. The number of hydrogen-bond donors (Lipinski definition) is 3. The Kier molecular flexibility index (Phi) is 3.40. The third kappa shape index (κ3) is 1.65. The first-order valence-electron chi connectivity index (χ1n) is 7.32. The maximum Gasteiger partial charge on any atom is 0.333 e. The first kappa shape index (κ1) is 16.3. The molecule has 3 rings (SSSR count). The van der Waals surface area contributed by atoms with Crippen LogP contribution in [0.25, 0.3) is 0 Å². The quantitative estimate of drug-likeness (QED) is 0.709. The molecule has 0 aromatic heterocycles. The van der Waals surface area contributed by atoms with Gasteiger partial charge in [-0.1, -0.05) is 24.3 Å². The van der Waals surface area contributed by atoms with Gasteiger partial charge in [-0.05, 0) is 25.0 Å². The normalized spacial score (nSPS) is 33.9. The lowest BCUT2D eigenvalue weighted by atomic mass is 9.58. The summed E-state index contributed by atoms with van der Waals surface area (Å²) in [7, 11) is 0. The van der Waals surface area contributed by atoms with Crippen molar-refractivity contribution in [3.8, 4) is 6.07 Å². The van der Waals surface area contributed by atoms with Crippen molar-refractivity contribution in [2.45, 2.75) is 30.7 Å². The van der Waals surface area contributed by atoms with E-state index in [1.807, 2.05) is 6.07 Å². The number of nitriles is 1. The number of carbonyl (C=O) groups is 2. The van der Waals surface area contributed by atoms with E-state index in [0.717, 1.165) is 0 Å². The molecule has 4 unspecified atom stereocenters. The Morgan fingerprint density at radius 1 is 1.29 bits per heavy atom. The molecule has 0 saturated heterocycles. The van der Waals surface area contributed by atoms with Crippen LogP contribution in [-0.4, -0.2) is 27.7 Å². The Labute approximate surface area is 143 Å². The lowest BCUT2D eigenvalue weighted by molar-refractivity contribution is -0.154. The van der Waals surface area contributed by atoms with Crippen LogP contribution in [0.15, 0.2) is 35.5 Å². The van der Waals surface area contributed by atoms with E-state index in [9.17, 15) is 25.1 Å². The first-order chi connectivity index (χ1) is 11.2. The van der Waals surface area contributed by atoms with Gasteiger partial charge in [0.05, 0.1) is 17.0 Å². The van der Waals surface area contributed by atoms with Crippen LogP contribution in [0.1, 0.15) is 36.3 Å². The molecule has 0 saturated carbocycles. The molecule has 1 aromatic carbocycles. The molecule has 6 nitrogen and oxygen atoms in total. The zero-order valence-corrected chi connectivity index (χ0v) is 13.8. The van der Waals surface area contributed by atoms with E-state index in [1.54, 1.807) is 24.3 Å². The number of fused-ring (bicyclic) bond motifs is 3. The van der Waals surface area contributed by atoms with Crippen LogP contribution in [0.2, 0.25) is 0 Å². The van der Waals surface area contributed by atoms with Crippen molar-refractivity contribution in [2.24, 2.45) is 5.41 Å². The second-order valence-electron chi connectivity index (χ2n) is 6.30. The number of aliphatic carboxylic acids is 2. The molecule has 1 aromatic rings. The van der Waals surface area contributed by atoms with E-state index in [0.29, 0.717) is 11.1 Å². The maximum atomic E-state index is 12.4. The van der Waals surface area contributed by atoms with Gasteiger partial charge in [0.1, 0.15) is 11.0 Å². The molecule has 3 N–H and O–H groups in total. The van der Waals surface area contributed by atoms with Gasteiger partial charge >= 0.3 is 11.9 Å². The van der Waals surface area contributed by atoms with Gasteiger partial charge in [-0.25, -0.2) is 4.79 Å². The molecule has 0 amide bonds. The molecule has 7 heteroatoms. The highest BCUT2D eigenvalue weighted by molar-refractivity contribution is 6.24. The predicted octanol–water partition coefficient (Wildman–Crippen LogP) is 2.38. The van der Waals surface area contributed by atoms with Crippen LogP contribution in [0, 0.1) is 16.7 Å². The van der Waals surface area contributed by atoms with Crippen molar-refractivity contribution in [1.82, 2.24) is 5.32 Å². The largest absolute Gasteiger partial charge is 0.481 e. The summed E-state index contributed by atoms with van der Waals surface area (Å²) in [6.45, 7) is 2.99. The average Bonchev–Trinajstić information content (AvgIpc) is 2.79. The fourth-order valence-corrected chi connectivity index (χ4v) is 4.82. The monoisotopic (exact) mass is 346 g/mol. The summed E-state index contributed by atoms with van der Waals surface area (Å²) >= 11 is 6.56. The van der Waals surface area contributed by atoms with Crippen molar-refractivity contribution in [1.29, 1.82) is 5.26 Å². The molecule has 0 spiro atoms. The van der Waals surface area contributed by atoms with Gasteiger partial charge in [-0.15, -0.1) is 11.6 Å². The maximum absolute atomic E-state index is 12.4. The summed E-state index contributed by atoms with van der Waals surface area (Å²) in [4.78, 5) is 24.3. The lowest BCUT2D eigenvalue weighted by Gasteiger charge is -2.49. The zero-order chi connectivity index (χ0) is 17.9. The van der Waals surface area contributed by atoms with Crippen LogP contribution in [0.4, 0.5) is 0 Å². The molecule has 24 heavy (non-hydrogen) atoms. The fourth-order valence-electron chi connectivity index (χ4n) is 4.18. The minimum Gasteiger partial charge on any atom is -0.481 e. The smallest absolute Gasteiger partial charge is 0.333 e. The molecule has 0 bridgehead atoms. The first-order valence-corrected chi connectivity index (χ1v) is 7.75. The van der Waals surface area contributed by atoms with Gasteiger partial charge in [-0.2, -0.15) is 5.26 Å². The van der Waals surface area contributed by atoms with Crippen molar-refractivity contribution in [3.63, 3.8) is 0 Å². The van der Waals surface area contributed by atoms with Crippen molar-refractivity contribution >= 4 is 23.5 Å². The molecular formula is C17H15ClN2O4. The van der Waals surface area contributed by atoms with Crippen LogP contribution in [-0.2, 0) is 9.59 Å². The molecule has 1 aliphatic carbocycles. The second kappa shape index (κ2) is 4.99. The van der Waals surface area contributed by atoms with E-state index in [1.165, 1.54) is 13.8 Å². The number of alkyl halides is 1. The predicted molar refractivity (Wildman–Crippen MR) is 85.3 cm³/mol. The summed E-state index contributed by atoms with van der Waals surface area (Å²) in [5.41, 5.74) is -2.12. The summed E-state index contributed by atoms with van der Waals surface area (Å²) in [6.07, 6.45) is 0. The highest BCUT2D eigenvalue weighted by atomic mass is 35.5. The van der Waals surface area contributed by atoms with Gasteiger partial charge in [0.15, 0.2) is 0 Å². The van der Waals surface area contributed by atoms with E-state index in [2.05, 4.69) is 5.32 Å². The third-order valence-corrected chi connectivity index (χ3v) is 5.78. The Morgan fingerprint density at radius 2 is 1.88 bits per heavy atom. The molecule has 1 aliphatic heterocycles. The number of carboxylic acids is 2. The standard InChI is InChI=1S/C17H15ClN2O4/c1-8-11(14(21)22)12-9-5-3-4-6-10(9)13(18)17(12,15(23)24)16(2,7-19)20-8/h3-6,12-13,20H,1-2H3,(H,21,22)(H,23,24). The van der Waals surface area contributed by atoms with Gasteiger partial charge in [0.25, 0.3) is 0 Å². The highest BCUT2D eigenvalue weighted by Gasteiger charge is 2.71. The number of benzene rings is 1. The molecular weight excluding hydrogens is 332 g/mol. The minimum atomic E-state index is -1.83. The Morgan fingerprint density at radius 3 is 2.38 bits per heavy atom. The molecule has 0 radical (unpaired) electrons. The SMILES string of the molecule is CC1=C(C(=O)O)C2c3ccccc3C(Cl)C2(C(=O)O)C(C)(C#N)N1. The Hall–Kier alpha value is -2.52. The van der Waals surface area contributed by atoms with Crippen LogP contribution in [0.5, 0.6) is 0 Å². The Balaban J connectivity index is 2.47. The highest BCUT2D eigenvalue weighted by Crippen LogP contribution is 2.66. The van der Waals surface area contributed by atoms with E-state index < -0.39 is 34.2 Å². The van der Waals surface area contributed by atoms with Crippen LogP contribution in [0.3, 0.4) is 0 Å². The molecule has 4 atom stereocenters. The number of hydrogen-bond acceptors (Lipinski definition) is 4. The number of rotatable bonds is 2. The lowest BCUT2D eigenvalue weighted by Crippen LogP contribution is -2.64. The number of carboxylic acid groups (broad SMARTS) is 2. The van der Waals surface area contributed by atoms with Gasteiger partial charge < -0.3 is 15.5 Å². The molecule has 0 fully saturated rings. The topological polar surface area (TPSA) is 110 Å².